The second-order valence-electron chi connectivity index (χ2n) is 3.45. The molecule has 1 amide bonds. The number of rotatable bonds is 4. The van der Waals surface area contributed by atoms with Gasteiger partial charge in [-0.25, -0.2) is 0 Å². The van der Waals surface area contributed by atoms with Crippen molar-refractivity contribution < 1.29 is 14.1 Å². The summed E-state index contributed by atoms with van der Waals surface area (Å²) < 4.78 is 11.0. The number of carbonyl (C=O) groups excluding carboxylic acids is 1. The molecule has 6 heteroatoms. The third kappa shape index (κ3) is 3.73. The van der Waals surface area contributed by atoms with Gasteiger partial charge < -0.3 is 16.2 Å². The first-order chi connectivity index (χ1) is 6.59. The lowest BCUT2D eigenvalue weighted by molar-refractivity contribution is -0.125. The van der Waals surface area contributed by atoms with Crippen LogP contribution in [0.4, 0.5) is 0 Å². The summed E-state index contributed by atoms with van der Waals surface area (Å²) in [5.74, 6) is 0.686. The molecule has 1 heterocycles. The lowest BCUT2D eigenvalue weighted by Gasteiger charge is -2.23. The number of primary amides is 1. The summed E-state index contributed by atoms with van der Waals surface area (Å²) in [7, 11) is -0.678. The van der Waals surface area contributed by atoms with E-state index in [0.29, 0.717) is 11.5 Å². The smallest absolute Gasteiger partial charge is 0.247 e. The standard InChI is InChI=1S/C8H16N2O3S/c9-8(12)7(11)5-10-6-1-3-14(13)4-2-6/h6-7,10-11H,1-5H2,(H2,9,12). The van der Waals surface area contributed by atoms with Gasteiger partial charge in [0.1, 0.15) is 6.10 Å². The van der Waals surface area contributed by atoms with E-state index in [0.717, 1.165) is 12.8 Å². The molecule has 0 radical (unpaired) electrons. The largest absolute Gasteiger partial charge is 0.382 e. The molecule has 82 valence electrons. The molecule has 1 aliphatic heterocycles. The van der Waals surface area contributed by atoms with E-state index >= 15 is 0 Å². The van der Waals surface area contributed by atoms with E-state index in [2.05, 4.69) is 5.32 Å². The molecule has 1 unspecified atom stereocenters. The van der Waals surface area contributed by atoms with Crippen LogP contribution in [0, 0.1) is 0 Å². The van der Waals surface area contributed by atoms with Crippen LogP contribution in [-0.2, 0) is 15.6 Å². The fraction of sp³-hybridized carbons (Fsp3) is 0.875. The molecule has 1 atom stereocenters. The lowest BCUT2D eigenvalue weighted by Crippen LogP contribution is -2.43. The predicted molar refractivity (Wildman–Crippen MR) is 54.1 cm³/mol. The summed E-state index contributed by atoms with van der Waals surface area (Å²) in [6.07, 6.45) is 0.540. The maximum atomic E-state index is 11.0. The summed E-state index contributed by atoms with van der Waals surface area (Å²) in [4.78, 5) is 10.5. The van der Waals surface area contributed by atoms with E-state index in [1.165, 1.54) is 0 Å². The molecular weight excluding hydrogens is 204 g/mol. The zero-order valence-electron chi connectivity index (χ0n) is 7.94. The molecule has 0 spiro atoms. The van der Waals surface area contributed by atoms with Crippen LogP contribution in [-0.4, -0.2) is 45.4 Å². The van der Waals surface area contributed by atoms with E-state index < -0.39 is 22.8 Å². The molecule has 1 rings (SSSR count). The van der Waals surface area contributed by atoms with Gasteiger partial charge in [-0.05, 0) is 12.8 Å². The van der Waals surface area contributed by atoms with Gasteiger partial charge in [-0.2, -0.15) is 0 Å². The maximum absolute atomic E-state index is 11.0. The van der Waals surface area contributed by atoms with Gasteiger partial charge in [0.05, 0.1) is 0 Å². The van der Waals surface area contributed by atoms with E-state index in [1.54, 1.807) is 0 Å². The third-order valence-electron chi connectivity index (χ3n) is 2.32. The van der Waals surface area contributed by atoms with Gasteiger partial charge in [-0.1, -0.05) is 0 Å². The van der Waals surface area contributed by atoms with Gasteiger partial charge in [-0.3, -0.25) is 9.00 Å². The quantitative estimate of drug-likeness (QED) is 0.528. The van der Waals surface area contributed by atoms with Crippen molar-refractivity contribution in [2.75, 3.05) is 18.1 Å². The Bertz CT molecular complexity index is 225. The normalized spacial score (nSPS) is 29.8. The van der Waals surface area contributed by atoms with Crippen molar-refractivity contribution >= 4 is 16.7 Å². The molecule has 0 aromatic heterocycles. The van der Waals surface area contributed by atoms with Crippen LogP contribution in [0.15, 0.2) is 0 Å². The molecule has 0 aromatic rings. The van der Waals surface area contributed by atoms with Crippen molar-refractivity contribution in [1.29, 1.82) is 0 Å². The SMILES string of the molecule is NC(=O)C(O)CNC1CCS(=O)CC1. The van der Waals surface area contributed by atoms with Gasteiger partial charge in [0.25, 0.3) is 0 Å². The molecule has 1 aliphatic rings. The summed E-state index contributed by atoms with van der Waals surface area (Å²) in [5.41, 5.74) is 4.90. The second kappa shape index (κ2) is 5.43. The number of hydrogen-bond acceptors (Lipinski definition) is 4. The Morgan fingerprint density at radius 2 is 2.14 bits per heavy atom. The molecule has 5 nitrogen and oxygen atoms in total. The Labute approximate surface area is 85.5 Å². The fourth-order valence-corrected chi connectivity index (χ4v) is 2.68. The predicted octanol–water partition coefficient (Wildman–Crippen LogP) is -1.67. The van der Waals surface area contributed by atoms with Crippen LogP contribution in [0.3, 0.4) is 0 Å². The van der Waals surface area contributed by atoms with Crippen molar-refractivity contribution in [3.8, 4) is 0 Å². The van der Waals surface area contributed by atoms with E-state index in [9.17, 15) is 9.00 Å². The molecule has 1 saturated heterocycles. The number of hydrogen-bond donors (Lipinski definition) is 3. The van der Waals surface area contributed by atoms with Crippen LogP contribution >= 0.6 is 0 Å². The molecule has 0 bridgehead atoms. The van der Waals surface area contributed by atoms with Crippen molar-refractivity contribution in [3.63, 3.8) is 0 Å². The highest BCUT2D eigenvalue weighted by molar-refractivity contribution is 7.85. The average molecular weight is 220 g/mol. The molecule has 4 N–H and O–H groups in total. The molecule has 1 fully saturated rings. The minimum Gasteiger partial charge on any atom is -0.382 e. The van der Waals surface area contributed by atoms with Crippen LogP contribution in [0.2, 0.25) is 0 Å². The van der Waals surface area contributed by atoms with Crippen LogP contribution < -0.4 is 11.1 Å². The van der Waals surface area contributed by atoms with Crippen LogP contribution in [0.25, 0.3) is 0 Å². The van der Waals surface area contributed by atoms with Crippen molar-refractivity contribution in [3.05, 3.63) is 0 Å². The number of aliphatic hydroxyl groups is 1. The number of aliphatic hydroxyl groups excluding tert-OH is 1. The Kier molecular flexibility index (Phi) is 4.50. The summed E-state index contributed by atoms with van der Waals surface area (Å²) in [6, 6.07) is 0.252. The first-order valence-electron chi connectivity index (χ1n) is 4.65. The van der Waals surface area contributed by atoms with Gasteiger partial charge >= 0.3 is 0 Å². The van der Waals surface area contributed by atoms with Crippen LogP contribution in [0.5, 0.6) is 0 Å². The second-order valence-corrected chi connectivity index (χ2v) is 5.14. The van der Waals surface area contributed by atoms with Crippen molar-refractivity contribution in [1.82, 2.24) is 5.32 Å². The van der Waals surface area contributed by atoms with E-state index in [-0.39, 0.29) is 12.6 Å². The molecule has 0 saturated carbocycles. The number of nitrogens with one attached hydrogen (secondary N) is 1. The summed E-state index contributed by atoms with van der Waals surface area (Å²) >= 11 is 0. The lowest BCUT2D eigenvalue weighted by atomic mass is 10.1. The summed E-state index contributed by atoms with van der Waals surface area (Å²) in [6.45, 7) is 0.187. The number of nitrogens with two attached hydrogens (primary N) is 1. The molecule has 0 aromatic carbocycles. The van der Waals surface area contributed by atoms with E-state index in [4.69, 9.17) is 10.8 Å². The third-order valence-corrected chi connectivity index (χ3v) is 3.70. The Hall–Kier alpha value is -0.460. The minimum absolute atomic E-state index is 0.187. The average Bonchev–Trinajstić information content (AvgIpc) is 2.16. The highest BCUT2D eigenvalue weighted by Gasteiger charge is 2.19. The fourth-order valence-electron chi connectivity index (χ4n) is 1.38. The van der Waals surface area contributed by atoms with Crippen molar-refractivity contribution in [2.24, 2.45) is 5.73 Å². The highest BCUT2D eigenvalue weighted by Crippen LogP contribution is 2.08. The van der Waals surface area contributed by atoms with Gasteiger partial charge in [-0.15, -0.1) is 0 Å². The van der Waals surface area contributed by atoms with E-state index in [1.807, 2.05) is 0 Å². The zero-order valence-corrected chi connectivity index (χ0v) is 8.76. The highest BCUT2D eigenvalue weighted by atomic mass is 32.2. The zero-order chi connectivity index (χ0) is 10.6. The van der Waals surface area contributed by atoms with Gasteiger partial charge in [0.15, 0.2) is 0 Å². The Balaban J connectivity index is 2.19. The maximum Gasteiger partial charge on any atom is 0.247 e. The van der Waals surface area contributed by atoms with Gasteiger partial charge in [0.2, 0.25) is 5.91 Å². The summed E-state index contributed by atoms with van der Waals surface area (Å²) in [5, 5.41) is 12.2. The number of amides is 1. The van der Waals surface area contributed by atoms with Crippen molar-refractivity contribution in [2.45, 2.75) is 25.0 Å². The first-order valence-corrected chi connectivity index (χ1v) is 6.14. The molecule has 14 heavy (non-hydrogen) atoms. The first kappa shape index (κ1) is 11.6. The molecule has 0 aliphatic carbocycles. The Morgan fingerprint density at radius 3 is 2.64 bits per heavy atom. The van der Waals surface area contributed by atoms with Crippen LogP contribution in [0.1, 0.15) is 12.8 Å². The number of carbonyl (C=O) groups is 1. The monoisotopic (exact) mass is 220 g/mol. The van der Waals surface area contributed by atoms with Gasteiger partial charge in [0, 0.05) is 34.9 Å². The Morgan fingerprint density at radius 1 is 1.57 bits per heavy atom. The topological polar surface area (TPSA) is 92.4 Å². The minimum atomic E-state index is -1.12. The molecular formula is C8H16N2O3S.